The highest BCUT2D eigenvalue weighted by Crippen LogP contribution is 2.24. The van der Waals surface area contributed by atoms with Crippen LogP contribution < -0.4 is 4.84 Å². The van der Waals surface area contributed by atoms with Crippen LogP contribution in [0.4, 0.5) is 0 Å². The van der Waals surface area contributed by atoms with Crippen LogP contribution in [0, 0.1) is 46.5 Å². The second-order valence-corrected chi connectivity index (χ2v) is 8.02. The van der Waals surface area contributed by atoms with Crippen molar-refractivity contribution in [2.45, 2.75) is 70.7 Å². The van der Waals surface area contributed by atoms with Crippen LogP contribution >= 0.6 is 0 Å². The molecule has 0 saturated carbocycles. The standard InChI is InChI=1S/C7H11NO3.C5H9N3O.C5H9N3.C5H8N2.3CH4/c1-4-5(2)7(10)8(11-3)6(4)9;1-4-5(2)8(9-3)7-6-4;1-4-5(2)8(3)7-6-4;1-5-6-3-4-7(5)2;;;/h4-5H,1-3H3;1-3H3;1-3H3;3-4H,1-2H3;3*1H4. The number of aryl methyl sites for hydroxylation is 5. The maximum atomic E-state index is 11.1. The molecule has 13 heteroatoms. The number of hydrogen-bond donors (Lipinski definition) is 0. The normalized spacial score (nSPS) is 15.3. The van der Waals surface area contributed by atoms with Crippen LogP contribution in [0.25, 0.3) is 0 Å². The molecule has 0 radical (unpaired) electrons. The van der Waals surface area contributed by atoms with Gasteiger partial charge in [0.1, 0.15) is 18.6 Å². The molecule has 1 aliphatic heterocycles. The SMILES string of the molecule is C.C.C.CON1C(=O)C(C)C(C)C1=O.COn1nnc(C)c1C.Cc1nccn1C.Cc1nnn(C)c1C. The van der Waals surface area contributed by atoms with E-state index in [1.54, 1.807) is 31.8 Å². The highest BCUT2D eigenvalue weighted by molar-refractivity contribution is 6.03. The molecule has 2 unspecified atom stereocenters. The highest BCUT2D eigenvalue weighted by atomic mass is 16.7. The van der Waals surface area contributed by atoms with Crippen LogP contribution in [-0.4, -0.2) is 70.8 Å². The molecule has 2 atom stereocenters. The van der Waals surface area contributed by atoms with Gasteiger partial charge in [-0.05, 0) is 39.8 Å². The van der Waals surface area contributed by atoms with E-state index in [-0.39, 0.29) is 45.9 Å². The zero-order valence-electron chi connectivity index (χ0n) is 22.5. The largest absolute Gasteiger partial charge is 0.399 e. The Bertz CT molecular complexity index is 1050. The molecule has 38 heavy (non-hydrogen) atoms. The molecule has 0 aliphatic carbocycles. The molecule has 0 spiro atoms. The van der Waals surface area contributed by atoms with Gasteiger partial charge in [0.05, 0.1) is 24.2 Å². The summed E-state index contributed by atoms with van der Waals surface area (Å²) in [5.74, 6) is 0.0694. The Kier molecular flexibility index (Phi) is 18.2. The van der Waals surface area contributed by atoms with Crippen LogP contribution in [0.5, 0.6) is 0 Å². The summed E-state index contributed by atoms with van der Waals surface area (Å²) >= 11 is 0. The lowest BCUT2D eigenvalue weighted by Crippen LogP contribution is -2.29. The molecule has 0 bridgehead atoms. The maximum Gasteiger partial charge on any atom is 0.257 e. The summed E-state index contributed by atoms with van der Waals surface area (Å²) in [6.07, 6.45) is 3.71. The minimum atomic E-state index is -0.248. The van der Waals surface area contributed by atoms with Crippen molar-refractivity contribution in [1.82, 2.24) is 44.8 Å². The molecule has 0 aromatic carbocycles. The van der Waals surface area contributed by atoms with Crippen LogP contribution in [0.3, 0.4) is 0 Å². The van der Waals surface area contributed by atoms with Crippen molar-refractivity contribution in [2.75, 3.05) is 14.2 Å². The summed E-state index contributed by atoms with van der Waals surface area (Å²) < 4.78 is 3.73. The Balaban J connectivity index is -0.000000424. The van der Waals surface area contributed by atoms with Crippen molar-refractivity contribution in [2.24, 2.45) is 25.9 Å². The number of imidazole rings is 1. The van der Waals surface area contributed by atoms with Gasteiger partial charge in [-0.25, -0.2) is 4.98 Å². The Morgan fingerprint density at radius 3 is 1.39 bits per heavy atom. The number of carbonyl (C=O) groups excluding carboxylic acids is 2. The van der Waals surface area contributed by atoms with E-state index in [1.807, 2.05) is 59.5 Å². The Labute approximate surface area is 228 Å². The van der Waals surface area contributed by atoms with Crippen LogP contribution in [0.1, 0.15) is 64.7 Å². The van der Waals surface area contributed by atoms with Gasteiger partial charge in [0.25, 0.3) is 11.8 Å². The van der Waals surface area contributed by atoms with E-state index in [0.29, 0.717) is 0 Å². The molecule has 4 rings (SSSR count). The van der Waals surface area contributed by atoms with E-state index < -0.39 is 0 Å². The molecule has 4 heterocycles. The third-order valence-electron chi connectivity index (χ3n) is 5.77. The number of imide groups is 1. The molecule has 1 saturated heterocycles. The summed E-state index contributed by atoms with van der Waals surface area (Å²) in [6.45, 7) is 13.2. The van der Waals surface area contributed by atoms with E-state index in [1.165, 1.54) is 12.0 Å². The van der Waals surface area contributed by atoms with Crippen LogP contribution in [-0.2, 0) is 28.5 Å². The summed E-state index contributed by atoms with van der Waals surface area (Å²) in [6, 6.07) is 0. The van der Waals surface area contributed by atoms with E-state index in [2.05, 4.69) is 30.4 Å². The molecule has 2 amide bonds. The number of aromatic nitrogens is 8. The van der Waals surface area contributed by atoms with Gasteiger partial charge in [-0.3, -0.25) is 19.1 Å². The Hall–Kier alpha value is -3.61. The van der Waals surface area contributed by atoms with Crippen LogP contribution in [0.15, 0.2) is 12.4 Å². The number of hydroxylamine groups is 2. The first-order chi connectivity index (χ1) is 16.4. The third kappa shape index (κ3) is 10.0. The van der Waals surface area contributed by atoms with Crippen molar-refractivity contribution in [3.8, 4) is 0 Å². The summed E-state index contributed by atoms with van der Waals surface area (Å²) in [5, 5.41) is 15.9. The average molecular weight is 540 g/mol. The lowest BCUT2D eigenvalue weighted by molar-refractivity contribution is -0.181. The van der Waals surface area contributed by atoms with Gasteiger partial charge in [-0.2, -0.15) is 5.06 Å². The van der Waals surface area contributed by atoms with Gasteiger partial charge >= 0.3 is 0 Å². The quantitative estimate of drug-likeness (QED) is 0.450. The first-order valence-electron chi connectivity index (χ1n) is 11.0. The van der Waals surface area contributed by atoms with Crippen molar-refractivity contribution in [1.29, 1.82) is 0 Å². The molecular formula is C25H49N9O4. The predicted octanol–water partition coefficient (Wildman–Crippen LogP) is 3.21. The molecule has 1 fully saturated rings. The lowest BCUT2D eigenvalue weighted by Gasteiger charge is -2.08. The van der Waals surface area contributed by atoms with Crippen LogP contribution in [0.2, 0.25) is 0 Å². The minimum absolute atomic E-state index is 0. The number of amides is 2. The monoisotopic (exact) mass is 539 g/mol. The molecule has 3 aromatic heterocycles. The van der Waals surface area contributed by atoms with Crippen molar-refractivity contribution >= 4 is 11.8 Å². The first kappa shape index (κ1) is 38.9. The molecule has 13 nitrogen and oxygen atoms in total. The summed E-state index contributed by atoms with van der Waals surface area (Å²) in [4.78, 5) is 37.1. The van der Waals surface area contributed by atoms with Crippen molar-refractivity contribution in [3.63, 3.8) is 0 Å². The van der Waals surface area contributed by atoms with E-state index in [9.17, 15) is 9.59 Å². The van der Waals surface area contributed by atoms with Gasteiger partial charge in [-0.15, -0.1) is 10.2 Å². The first-order valence-corrected chi connectivity index (χ1v) is 11.0. The Morgan fingerprint density at radius 2 is 1.24 bits per heavy atom. The van der Waals surface area contributed by atoms with Gasteiger partial charge < -0.3 is 9.40 Å². The molecule has 3 aromatic rings. The zero-order chi connectivity index (χ0) is 26.9. The highest BCUT2D eigenvalue weighted by Gasteiger charge is 2.42. The number of rotatable bonds is 2. The average Bonchev–Trinajstić information content (AvgIpc) is 3.52. The predicted molar refractivity (Wildman–Crippen MR) is 148 cm³/mol. The second-order valence-electron chi connectivity index (χ2n) is 8.02. The Morgan fingerprint density at radius 1 is 0.763 bits per heavy atom. The molecule has 0 N–H and O–H groups in total. The fourth-order valence-corrected chi connectivity index (χ4v) is 2.59. The van der Waals surface area contributed by atoms with E-state index in [0.717, 1.165) is 33.7 Å². The minimum Gasteiger partial charge on any atom is -0.399 e. The van der Waals surface area contributed by atoms with Crippen molar-refractivity contribution in [3.05, 3.63) is 41.0 Å². The molecular weight excluding hydrogens is 490 g/mol. The zero-order valence-corrected chi connectivity index (χ0v) is 22.5. The summed E-state index contributed by atoms with van der Waals surface area (Å²) in [7, 11) is 6.74. The van der Waals surface area contributed by atoms with Crippen molar-refractivity contribution < 1.29 is 19.3 Å². The fraction of sp³-hybridized carbons (Fsp3) is 0.640. The number of hydrogen-bond acceptors (Lipinski definition) is 9. The van der Waals surface area contributed by atoms with E-state index in [4.69, 9.17) is 4.84 Å². The fourth-order valence-electron chi connectivity index (χ4n) is 2.59. The maximum absolute atomic E-state index is 11.1. The molecule has 218 valence electrons. The van der Waals surface area contributed by atoms with Gasteiger partial charge in [-0.1, -0.05) is 46.2 Å². The topological polar surface area (TPSA) is 135 Å². The second kappa shape index (κ2) is 17.8. The third-order valence-corrected chi connectivity index (χ3v) is 5.77. The molecule has 1 aliphatic rings. The number of carbonyl (C=O) groups is 2. The lowest BCUT2D eigenvalue weighted by atomic mass is 10.00. The number of nitrogens with zero attached hydrogens (tertiary/aromatic N) is 9. The smallest absolute Gasteiger partial charge is 0.257 e. The van der Waals surface area contributed by atoms with E-state index >= 15 is 0 Å². The van der Waals surface area contributed by atoms with Gasteiger partial charge in [0, 0.05) is 38.3 Å². The van der Waals surface area contributed by atoms with Gasteiger partial charge in [0.2, 0.25) is 0 Å². The summed E-state index contributed by atoms with van der Waals surface area (Å²) in [5.41, 5.74) is 3.98. The van der Waals surface area contributed by atoms with Gasteiger partial charge in [0.15, 0.2) is 0 Å².